The molecule has 5 aromatic carbocycles. The van der Waals surface area contributed by atoms with Gasteiger partial charge >= 0.3 is 11.9 Å². The van der Waals surface area contributed by atoms with Crippen LogP contribution >= 0.6 is 0 Å². The van der Waals surface area contributed by atoms with Gasteiger partial charge in [0.1, 0.15) is 29.1 Å². The lowest BCUT2D eigenvalue weighted by Gasteiger charge is -2.30. The SMILES string of the molecule is COC(=O)[C@H](C)Cc1cccc([C@@]2(C)CCCCC(C)(C)c3cn(nn3)Cc3c(c(F)cc4c3ccn4S(=O)(=O)c3ccc(C)cc3)C(OC3CCCCO3)c3ccnc(c3)-c3nc2nn3C)c1.C[C@H](Cc1cccc([C@@]2(C)CCCCC(C)(C)c3cn(nn3)Cc3c(c(F)cc4[nH]ccc34)C(=O)c3ccnc(c3)-c3nc2nn3C)c1)C(=O)O. The monoisotopic (exact) mass is 1630 g/mol. The Morgan fingerprint density at radius 3 is 1.83 bits per heavy atom. The average molecular weight is 1630 g/mol. The summed E-state index contributed by atoms with van der Waals surface area (Å²) in [7, 11) is 0.929. The van der Waals surface area contributed by atoms with Crippen molar-refractivity contribution in [2.24, 2.45) is 25.9 Å². The van der Waals surface area contributed by atoms with Crippen LogP contribution in [0.15, 0.2) is 163 Å². The van der Waals surface area contributed by atoms with Crippen LogP contribution < -0.4 is 0 Å². The molecule has 1 saturated heterocycles. The Morgan fingerprint density at radius 1 is 0.664 bits per heavy atom. The molecule has 8 aromatic heterocycles. The Balaban J connectivity index is 0.000000194. The minimum atomic E-state index is -4.12. The smallest absolute Gasteiger partial charge is 0.308 e. The number of benzene rings is 5. The molecule has 16 rings (SSSR count). The van der Waals surface area contributed by atoms with Crippen molar-refractivity contribution in [1.29, 1.82) is 0 Å². The first kappa shape index (κ1) is 82.5. The van der Waals surface area contributed by atoms with E-state index in [1.807, 2.05) is 75.8 Å². The van der Waals surface area contributed by atoms with E-state index in [0.29, 0.717) is 88.1 Å². The van der Waals surface area contributed by atoms with Crippen LogP contribution in [-0.4, -0.2) is 130 Å². The number of aromatic amines is 1. The summed E-state index contributed by atoms with van der Waals surface area (Å²) in [5, 5.41) is 39.1. The number of hydrogen-bond donors (Lipinski definition) is 2. The molecule has 0 radical (unpaired) electrons. The lowest BCUT2D eigenvalue weighted by molar-refractivity contribution is -0.182. The van der Waals surface area contributed by atoms with Crippen LogP contribution in [0.25, 0.3) is 44.8 Å². The second-order valence-corrected chi connectivity index (χ2v) is 35.8. The number of nitrogens with zero attached hydrogens (tertiary/aromatic N) is 15. The molecule has 6 atom stereocenters. The van der Waals surface area contributed by atoms with Crippen LogP contribution in [0.1, 0.15) is 221 Å². The minimum absolute atomic E-state index is 0.0307. The molecule has 0 saturated carbocycles. The highest BCUT2D eigenvalue weighted by Crippen LogP contribution is 2.44. The zero-order valence-electron chi connectivity index (χ0n) is 69.2. The van der Waals surface area contributed by atoms with Gasteiger partial charge in [-0.05, 0) is 178 Å². The number of carbonyl (C=O) groups is 3. The summed E-state index contributed by atoms with van der Waals surface area (Å²) in [4.78, 5) is 61.2. The summed E-state index contributed by atoms with van der Waals surface area (Å²) in [6, 6.07) is 36.0. The number of nitrogens with one attached hydrogen (secondary N) is 1. The lowest BCUT2D eigenvalue weighted by atomic mass is 9.75. The molecule has 3 aliphatic heterocycles. The number of rotatable bonds is 12. The minimum Gasteiger partial charge on any atom is -0.481 e. The van der Waals surface area contributed by atoms with Gasteiger partial charge < -0.3 is 24.3 Å². The molecule has 28 heteroatoms. The van der Waals surface area contributed by atoms with Gasteiger partial charge in [0.2, 0.25) is 0 Å². The molecule has 0 amide bonds. The van der Waals surface area contributed by atoms with E-state index in [1.54, 1.807) is 93.6 Å². The largest absolute Gasteiger partial charge is 0.481 e. The van der Waals surface area contributed by atoms with Gasteiger partial charge in [-0.1, -0.05) is 144 Å². The average Bonchev–Trinajstić information content (AvgIpc) is 1.62. The van der Waals surface area contributed by atoms with E-state index in [2.05, 4.69) is 85.2 Å². The van der Waals surface area contributed by atoms with Gasteiger partial charge in [0, 0.05) is 96.1 Å². The first-order valence-corrected chi connectivity index (χ1v) is 42.1. The van der Waals surface area contributed by atoms with Crippen LogP contribution in [0.4, 0.5) is 8.78 Å². The summed E-state index contributed by atoms with van der Waals surface area (Å²) in [6.45, 7) is 19.1. The predicted octanol–water partition coefficient (Wildman–Crippen LogP) is 16.1. The lowest BCUT2D eigenvalue weighted by Crippen LogP contribution is -2.26. The zero-order valence-corrected chi connectivity index (χ0v) is 70.0. The second-order valence-electron chi connectivity index (χ2n) is 34.0. The number of ether oxygens (including phenoxy) is 3. The summed E-state index contributed by atoms with van der Waals surface area (Å²) in [5.74, 6) is -1.52. The van der Waals surface area contributed by atoms with E-state index >= 15 is 8.78 Å². The Bertz CT molecular complexity index is 6090. The number of carboxylic acids is 1. The first-order valence-electron chi connectivity index (χ1n) is 40.7. The fourth-order valence-corrected chi connectivity index (χ4v) is 18.3. The van der Waals surface area contributed by atoms with Gasteiger partial charge in [0.05, 0.1) is 70.2 Å². The molecule has 2 unspecified atom stereocenters. The molecule has 2 N–H and O–H groups in total. The summed E-state index contributed by atoms with van der Waals surface area (Å²) >= 11 is 0. The van der Waals surface area contributed by atoms with Crippen molar-refractivity contribution in [2.75, 3.05) is 13.7 Å². The molecule has 119 heavy (non-hydrogen) atoms. The van der Waals surface area contributed by atoms with Crippen molar-refractivity contribution >= 4 is 49.6 Å². The topological polar surface area (TPSA) is 303 Å². The standard InChI is InChI=1S/C52H59FN8O6S.C39H41FN8O3/c1-33-16-18-38(19-17-33)68(63,64)61-25-21-39-40-31-60-32-44(56-58-60)51(3,4)22-9-10-23-52(5,37-14-12-13-35(28-37)27-34(2)49(62)65-7)50-55-48(59(6)57-50)42-29-36(20-24-54-42)47(46(40)41(53)30-43(39)61)67-45-15-8-11-26-66-45;1-23(36(50)51)17-24-9-8-10-26(18-24)39(4)14-7-6-13-38(2,3)32-22-48(46-44-32)21-28-27-12-16-41-30(27)20-29(40)33(28)34(49)25-11-15-42-31(19-25)35-43-37(39)45-47(35)5/h12-14,16-21,24-25,28-30,32,34,45,47H,8-11,15,22-23,26-27,31H2,1-7H3;8-12,15-16,18-20,22-23,41H,6-7,13-14,17,21H2,1-5H3,(H,50,51)/t34-,45?,47?,52-;23-,39-/m11/s1. The van der Waals surface area contributed by atoms with Crippen molar-refractivity contribution in [3.05, 3.63) is 254 Å². The molecule has 13 aromatic rings. The van der Waals surface area contributed by atoms with Crippen LogP contribution in [0, 0.1) is 30.4 Å². The van der Waals surface area contributed by atoms with Gasteiger partial charge in [0.25, 0.3) is 10.0 Å². The molecule has 11 heterocycles. The first-order chi connectivity index (χ1) is 56.9. The molecule has 12 bridgehead atoms. The normalized spacial score (nSPS) is 19.6. The van der Waals surface area contributed by atoms with Gasteiger partial charge in [-0.3, -0.25) is 24.4 Å². The third-order valence-corrected chi connectivity index (χ3v) is 26.1. The van der Waals surface area contributed by atoms with Crippen molar-refractivity contribution in [2.45, 2.75) is 198 Å². The maximum absolute atomic E-state index is 17.7. The number of ketones is 1. The highest BCUT2D eigenvalue weighted by molar-refractivity contribution is 7.90. The third-order valence-electron chi connectivity index (χ3n) is 24.3. The predicted molar refractivity (Wildman–Crippen MR) is 445 cm³/mol. The number of fused-ring (bicyclic) bond motifs is 20. The second kappa shape index (κ2) is 33.3. The molecule has 0 aliphatic carbocycles. The third kappa shape index (κ3) is 16.7. The molecular formula is C91H100F2N16O9S. The van der Waals surface area contributed by atoms with Gasteiger partial charge in [-0.15, -0.1) is 10.2 Å². The number of H-pyrrole nitrogens is 1. The van der Waals surface area contributed by atoms with Gasteiger partial charge in [-0.25, -0.2) is 49.9 Å². The number of hydrogen-bond acceptors (Lipinski definition) is 18. The summed E-state index contributed by atoms with van der Waals surface area (Å²) < 4.78 is 88.2. The van der Waals surface area contributed by atoms with E-state index in [4.69, 9.17) is 44.5 Å². The number of aryl methyl sites for hydroxylation is 3. The highest BCUT2D eigenvalue weighted by Gasteiger charge is 2.40. The maximum Gasteiger partial charge on any atom is 0.308 e. The number of carbonyl (C=O) groups excluding carboxylic acids is 2. The number of pyridine rings is 2. The van der Waals surface area contributed by atoms with Crippen LogP contribution in [0.2, 0.25) is 0 Å². The van der Waals surface area contributed by atoms with E-state index in [0.717, 1.165) is 113 Å². The summed E-state index contributed by atoms with van der Waals surface area (Å²) in [5.41, 5.74) is 8.23. The fourth-order valence-electron chi connectivity index (χ4n) is 17.0. The fraction of sp³-hybridized carbons (Fsp3) is 0.396. The number of halogens is 2. The Morgan fingerprint density at radius 2 is 1.24 bits per heavy atom. The highest BCUT2D eigenvalue weighted by atomic mass is 32.2. The summed E-state index contributed by atoms with van der Waals surface area (Å²) in [6.07, 6.45) is 18.3. The molecule has 0 spiro atoms. The van der Waals surface area contributed by atoms with E-state index < -0.39 is 68.0 Å². The van der Waals surface area contributed by atoms with E-state index in [-0.39, 0.29) is 57.5 Å². The molecule has 25 nitrogen and oxygen atoms in total. The number of aliphatic carboxylic acids is 1. The Kier molecular flexibility index (Phi) is 23.1. The number of esters is 1. The van der Waals surface area contributed by atoms with Crippen molar-refractivity contribution in [3.8, 4) is 23.0 Å². The zero-order chi connectivity index (χ0) is 84.0. The van der Waals surface area contributed by atoms with E-state index in [1.165, 1.54) is 31.6 Å². The van der Waals surface area contributed by atoms with Gasteiger partial charge in [-0.2, -0.15) is 10.2 Å². The van der Waals surface area contributed by atoms with Crippen molar-refractivity contribution < 1.29 is 50.9 Å². The quantitative estimate of drug-likeness (QED) is 0.107. The van der Waals surface area contributed by atoms with Crippen LogP contribution in [0.5, 0.6) is 0 Å². The van der Waals surface area contributed by atoms with Crippen molar-refractivity contribution in [1.82, 2.24) is 78.4 Å². The van der Waals surface area contributed by atoms with E-state index in [9.17, 15) is 27.9 Å². The molecular weight excluding hydrogens is 1530 g/mol. The number of methoxy groups -OCH3 is 1. The molecule has 1 fully saturated rings. The number of carboxylic acid groups (broad SMARTS) is 1. The maximum atomic E-state index is 17.7. The van der Waals surface area contributed by atoms with Gasteiger partial charge in [0.15, 0.2) is 35.4 Å². The molecule has 3 aliphatic rings. The molecule has 618 valence electrons. The van der Waals surface area contributed by atoms with Crippen LogP contribution in [0.3, 0.4) is 0 Å². The van der Waals surface area contributed by atoms with Crippen molar-refractivity contribution in [3.63, 3.8) is 0 Å². The number of aromatic nitrogens is 16. The van der Waals surface area contributed by atoms with Crippen LogP contribution in [-0.2, 0) is 95.5 Å². The Hall–Kier alpha value is -11.6. The Labute approximate surface area is 690 Å².